The Labute approximate surface area is 95.0 Å². The number of carbonyl (C=O) groups excluding carboxylic acids is 1. The molecular formula is C10H18N2O2S. The number of thioether (sulfide) groups is 1. The van der Waals surface area contributed by atoms with Gasteiger partial charge in [0.15, 0.2) is 0 Å². The van der Waals surface area contributed by atoms with Crippen LogP contribution in [0.25, 0.3) is 0 Å². The summed E-state index contributed by atoms with van der Waals surface area (Å²) in [6.45, 7) is 4.06. The summed E-state index contributed by atoms with van der Waals surface area (Å²) in [5.74, 6) is 0.464. The lowest BCUT2D eigenvalue weighted by Crippen LogP contribution is -2.42. The van der Waals surface area contributed by atoms with E-state index in [2.05, 4.69) is 5.32 Å². The van der Waals surface area contributed by atoms with Gasteiger partial charge in [-0.3, -0.25) is 4.79 Å². The highest BCUT2D eigenvalue weighted by atomic mass is 32.2. The van der Waals surface area contributed by atoms with Crippen LogP contribution in [-0.4, -0.2) is 34.7 Å². The smallest absolute Gasteiger partial charge is 0.230 e. The quantitative estimate of drug-likeness (QED) is 0.638. The highest BCUT2D eigenvalue weighted by Crippen LogP contribution is 2.12. The third-order valence-electron chi connectivity index (χ3n) is 2.33. The average Bonchev–Trinajstić information content (AvgIpc) is 2.26. The zero-order valence-electron chi connectivity index (χ0n) is 9.25. The van der Waals surface area contributed by atoms with Gasteiger partial charge in [0.2, 0.25) is 5.91 Å². The Morgan fingerprint density at radius 3 is 2.60 bits per heavy atom. The van der Waals surface area contributed by atoms with Crippen molar-refractivity contribution in [1.29, 1.82) is 5.26 Å². The zero-order valence-corrected chi connectivity index (χ0v) is 10.1. The van der Waals surface area contributed by atoms with Crippen molar-refractivity contribution in [3.8, 4) is 6.07 Å². The van der Waals surface area contributed by atoms with Crippen LogP contribution in [0.3, 0.4) is 0 Å². The van der Waals surface area contributed by atoms with Crippen molar-refractivity contribution >= 4 is 17.7 Å². The van der Waals surface area contributed by atoms with Gasteiger partial charge in [0.05, 0.1) is 23.2 Å². The maximum Gasteiger partial charge on any atom is 0.230 e. The molecule has 5 heteroatoms. The summed E-state index contributed by atoms with van der Waals surface area (Å²) in [5, 5.41) is 20.8. The minimum atomic E-state index is -0.796. The molecular weight excluding hydrogens is 212 g/mol. The summed E-state index contributed by atoms with van der Waals surface area (Å²) in [6.07, 6.45) is 1.24. The number of amides is 1. The normalized spacial score (nSPS) is 10.8. The maximum atomic E-state index is 11.2. The highest BCUT2D eigenvalue weighted by Gasteiger charge is 2.22. The lowest BCUT2D eigenvalue weighted by molar-refractivity contribution is -0.119. The fourth-order valence-electron chi connectivity index (χ4n) is 1.00. The molecule has 0 atom stereocenters. The Balaban J connectivity index is 3.75. The number of hydrogen-bond donors (Lipinski definition) is 2. The molecule has 2 N–H and O–H groups in total. The van der Waals surface area contributed by atoms with Crippen LogP contribution < -0.4 is 5.32 Å². The molecule has 0 aromatic rings. The first kappa shape index (κ1) is 14.3. The topological polar surface area (TPSA) is 73.1 Å². The molecule has 0 aromatic heterocycles. The van der Waals surface area contributed by atoms with Gasteiger partial charge in [-0.2, -0.15) is 5.26 Å². The molecule has 0 saturated heterocycles. The van der Waals surface area contributed by atoms with E-state index in [0.29, 0.717) is 18.6 Å². The predicted molar refractivity (Wildman–Crippen MR) is 61.5 cm³/mol. The predicted octanol–water partition coefficient (Wildman–Crippen LogP) is 0.910. The van der Waals surface area contributed by atoms with E-state index in [1.807, 2.05) is 19.9 Å². The molecule has 0 unspecified atom stereocenters. The second kappa shape index (κ2) is 7.55. The van der Waals surface area contributed by atoms with E-state index in [0.717, 1.165) is 0 Å². The minimum absolute atomic E-state index is 0.129. The van der Waals surface area contributed by atoms with Crippen molar-refractivity contribution in [2.24, 2.45) is 0 Å². The second-order valence-electron chi connectivity index (χ2n) is 3.36. The molecule has 0 saturated carbocycles. The molecule has 0 aliphatic heterocycles. The standard InChI is InChI=1S/C10H18N2O2S/c1-3-10(14,4-2)8-12-9(13)7-15-6-5-11/h14H,3-4,6-8H2,1-2H3,(H,12,13). The van der Waals surface area contributed by atoms with Crippen LogP contribution >= 0.6 is 11.8 Å². The van der Waals surface area contributed by atoms with Crippen molar-refractivity contribution in [2.75, 3.05) is 18.1 Å². The molecule has 0 bridgehead atoms. The molecule has 0 heterocycles. The van der Waals surface area contributed by atoms with Gasteiger partial charge < -0.3 is 10.4 Å². The molecule has 1 amide bonds. The van der Waals surface area contributed by atoms with Crippen LogP contribution in [0.5, 0.6) is 0 Å². The van der Waals surface area contributed by atoms with Gasteiger partial charge in [0.1, 0.15) is 0 Å². The summed E-state index contributed by atoms with van der Waals surface area (Å²) in [6, 6.07) is 1.95. The van der Waals surface area contributed by atoms with Crippen LogP contribution in [0.1, 0.15) is 26.7 Å². The molecule has 0 aliphatic rings. The number of nitrogens with one attached hydrogen (secondary N) is 1. The number of nitriles is 1. The van der Waals surface area contributed by atoms with E-state index in [9.17, 15) is 9.90 Å². The number of rotatable bonds is 7. The molecule has 0 fully saturated rings. The fourth-order valence-corrected chi connectivity index (χ4v) is 1.48. The molecule has 4 nitrogen and oxygen atoms in total. The summed E-state index contributed by atoms with van der Waals surface area (Å²) in [7, 11) is 0. The minimum Gasteiger partial charge on any atom is -0.388 e. The number of carbonyl (C=O) groups is 1. The number of aliphatic hydroxyl groups is 1. The largest absolute Gasteiger partial charge is 0.388 e. The summed E-state index contributed by atoms with van der Waals surface area (Å²) in [5.41, 5.74) is -0.796. The lowest BCUT2D eigenvalue weighted by atomic mass is 9.98. The van der Waals surface area contributed by atoms with E-state index in [-0.39, 0.29) is 18.2 Å². The van der Waals surface area contributed by atoms with Crippen LogP contribution in [0.15, 0.2) is 0 Å². The molecule has 0 radical (unpaired) electrons. The lowest BCUT2D eigenvalue weighted by Gasteiger charge is -2.25. The molecule has 0 rings (SSSR count). The average molecular weight is 230 g/mol. The van der Waals surface area contributed by atoms with E-state index >= 15 is 0 Å². The van der Waals surface area contributed by atoms with Crippen molar-refractivity contribution in [1.82, 2.24) is 5.32 Å². The van der Waals surface area contributed by atoms with E-state index in [1.54, 1.807) is 0 Å². The first-order valence-electron chi connectivity index (χ1n) is 5.01. The molecule has 0 spiro atoms. The van der Waals surface area contributed by atoms with E-state index < -0.39 is 5.60 Å². The monoisotopic (exact) mass is 230 g/mol. The van der Waals surface area contributed by atoms with Crippen LogP contribution in [0.2, 0.25) is 0 Å². The van der Waals surface area contributed by atoms with Crippen molar-refractivity contribution < 1.29 is 9.90 Å². The Kier molecular flexibility index (Phi) is 7.18. The highest BCUT2D eigenvalue weighted by molar-refractivity contribution is 8.00. The van der Waals surface area contributed by atoms with Crippen LogP contribution in [0.4, 0.5) is 0 Å². The molecule has 0 aliphatic carbocycles. The number of hydrogen-bond acceptors (Lipinski definition) is 4. The van der Waals surface area contributed by atoms with Gasteiger partial charge in [-0.15, -0.1) is 11.8 Å². The van der Waals surface area contributed by atoms with Gasteiger partial charge >= 0.3 is 0 Å². The molecule has 86 valence electrons. The second-order valence-corrected chi connectivity index (χ2v) is 4.34. The maximum absolute atomic E-state index is 11.2. The summed E-state index contributed by atoms with van der Waals surface area (Å²) >= 11 is 1.27. The van der Waals surface area contributed by atoms with E-state index in [1.165, 1.54) is 11.8 Å². The third kappa shape index (κ3) is 6.37. The SMILES string of the molecule is CCC(O)(CC)CNC(=O)CSCC#N. The van der Waals surface area contributed by atoms with Crippen LogP contribution in [-0.2, 0) is 4.79 Å². The molecule has 15 heavy (non-hydrogen) atoms. The van der Waals surface area contributed by atoms with Crippen molar-refractivity contribution in [2.45, 2.75) is 32.3 Å². The van der Waals surface area contributed by atoms with Crippen LogP contribution in [0, 0.1) is 11.3 Å². The Morgan fingerprint density at radius 1 is 1.53 bits per heavy atom. The Morgan fingerprint density at radius 2 is 2.13 bits per heavy atom. The molecule has 0 aromatic carbocycles. The Bertz CT molecular complexity index is 234. The Hall–Kier alpha value is -0.730. The van der Waals surface area contributed by atoms with Gasteiger partial charge in [0, 0.05) is 6.54 Å². The van der Waals surface area contributed by atoms with Gasteiger partial charge in [-0.05, 0) is 12.8 Å². The number of nitrogens with zero attached hydrogens (tertiary/aromatic N) is 1. The van der Waals surface area contributed by atoms with Gasteiger partial charge in [-0.25, -0.2) is 0 Å². The third-order valence-corrected chi connectivity index (χ3v) is 3.13. The zero-order chi connectivity index (χ0) is 11.7. The van der Waals surface area contributed by atoms with Gasteiger partial charge in [-0.1, -0.05) is 13.8 Å². The fraction of sp³-hybridized carbons (Fsp3) is 0.800. The van der Waals surface area contributed by atoms with Crippen molar-refractivity contribution in [3.63, 3.8) is 0 Å². The summed E-state index contributed by atoms with van der Waals surface area (Å²) < 4.78 is 0. The summed E-state index contributed by atoms with van der Waals surface area (Å²) in [4.78, 5) is 11.2. The van der Waals surface area contributed by atoms with E-state index in [4.69, 9.17) is 5.26 Å². The first-order valence-corrected chi connectivity index (χ1v) is 6.17. The van der Waals surface area contributed by atoms with Gasteiger partial charge in [0.25, 0.3) is 0 Å². The van der Waals surface area contributed by atoms with Crippen molar-refractivity contribution in [3.05, 3.63) is 0 Å². The first-order chi connectivity index (χ1) is 7.08.